The Hall–Kier alpha value is -1.20. The minimum Gasteiger partial charge on any atom is -0.302 e. The van der Waals surface area contributed by atoms with E-state index < -0.39 is 0 Å². The van der Waals surface area contributed by atoms with Gasteiger partial charge in [-0.05, 0) is 24.3 Å². The first kappa shape index (κ1) is 13.2. The second-order valence-electron chi connectivity index (χ2n) is 4.87. The number of hydrogen-bond donors (Lipinski definition) is 1. The molecule has 2 heterocycles. The van der Waals surface area contributed by atoms with Crippen LogP contribution in [-0.4, -0.2) is 14.8 Å². The third-order valence-electron chi connectivity index (χ3n) is 2.77. The highest BCUT2D eigenvalue weighted by Crippen LogP contribution is 2.18. The Morgan fingerprint density at radius 2 is 2.22 bits per heavy atom. The normalized spacial score (nSPS) is 13.1. The predicted molar refractivity (Wildman–Crippen MR) is 74.4 cm³/mol. The Labute approximate surface area is 112 Å². The maximum atomic E-state index is 4.32. The van der Waals surface area contributed by atoms with E-state index in [9.17, 15) is 0 Å². The second-order valence-corrected chi connectivity index (χ2v) is 5.85. The zero-order valence-corrected chi connectivity index (χ0v) is 11.9. The van der Waals surface area contributed by atoms with Crippen molar-refractivity contribution in [2.45, 2.75) is 39.9 Å². The van der Waals surface area contributed by atoms with Crippen molar-refractivity contribution in [3.63, 3.8) is 0 Å². The lowest BCUT2D eigenvalue weighted by Gasteiger charge is -2.13. The largest absolute Gasteiger partial charge is 0.302 e. The second kappa shape index (κ2) is 6.11. The van der Waals surface area contributed by atoms with Crippen LogP contribution in [0.15, 0.2) is 23.8 Å². The van der Waals surface area contributed by atoms with E-state index in [0.717, 1.165) is 18.9 Å². The van der Waals surface area contributed by atoms with Gasteiger partial charge in [0.2, 0.25) is 0 Å². The third kappa shape index (κ3) is 3.40. The summed E-state index contributed by atoms with van der Waals surface area (Å²) >= 11 is 1.78. The third-order valence-corrected chi connectivity index (χ3v) is 3.83. The minimum absolute atomic E-state index is 0.356. The van der Waals surface area contributed by atoms with Crippen molar-refractivity contribution in [2.24, 2.45) is 5.92 Å². The van der Waals surface area contributed by atoms with E-state index in [1.54, 1.807) is 17.7 Å². The summed E-state index contributed by atoms with van der Waals surface area (Å²) in [5.41, 5.74) is 0. The molecule has 5 heteroatoms. The molecular weight excluding hydrogens is 244 g/mol. The Morgan fingerprint density at radius 3 is 2.89 bits per heavy atom. The smallest absolute Gasteiger partial charge is 0.140 e. The van der Waals surface area contributed by atoms with Crippen molar-refractivity contribution in [1.29, 1.82) is 0 Å². The van der Waals surface area contributed by atoms with E-state index in [2.05, 4.69) is 53.7 Å². The molecule has 2 rings (SSSR count). The average Bonchev–Trinajstić information content (AvgIpc) is 2.95. The van der Waals surface area contributed by atoms with Crippen LogP contribution in [0.4, 0.5) is 0 Å². The molecule has 0 saturated carbocycles. The van der Waals surface area contributed by atoms with Crippen molar-refractivity contribution >= 4 is 11.3 Å². The predicted octanol–water partition coefficient (Wildman–Crippen LogP) is 2.85. The van der Waals surface area contributed by atoms with Crippen LogP contribution in [-0.2, 0) is 13.1 Å². The molecule has 0 fully saturated rings. The van der Waals surface area contributed by atoms with E-state index in [1.165, 1.54) is 4.88 Å². The van der Waals surface area contributed by atoms with Crippen molar-refractivity contribution in [3.8, 4) is 0 Å². The maximum absolute atomic E-state index is 4.32. The monoisotopic (exact) mass is 264 g/mol. The molecule has 0 aromatic carbocycles. The van der Waals surface area contributed by atoms with Gasteiger partial charge in [0.05, 0.1) is 6.54 Å². The van der Waals surface area contributed by atoms with E-state index >= 15 is 0 Å². The molecule has 0 spiro atoms. The number of nitrogens with one attached hydrogen (secondary N) is 1. The quantitative estimate of drug-likeness (QED) is 0.872. The summed E-state index contributed by atoms with van der Waals surface area (Å²) < 4.78 is 1.98. The van der Waals surface area contributed by atoms with Gasteiger partial charge in [-0.3, -0.25) is 0 Å². The Bertz CT molecular complexity index is 461. The Kier molecular flexibility index (Phi) is 4.49. The zero-order chi connectivity index (χ0) is 13.0. The Morgan fingerprint density at radius 1 is 1.39 bits per heavy atom. The fourth-order valence-electron chi connectivity index (χ4n) is 1.81. The molecule has 0 radical (unpaired) electrons. The molecule has 0 unspecified atom stereocenters. The van der Waals surface area contributed by atoms with Gasteiger partial charge in [-0.2, -0.15) is 5.10 Å². The lowest BCUT2D eigenvalue weighted by atomic mass is 10.2. The summed E-state index contributed by atoms with van der Waals surface area (Å²) in [6, 6.07) is 4.59. The van der Waals surface area contributed by atoms with Crippen LogP contribution in [0, 0.1) is 5.92 Å². The molecule has 1 N–H and O–H groups in total. The van der Waals surface area contributed by atoms with E-state index in [1.807, 2.05) is 4.68 Å². The molecule has 2 aromatic rings. The molecular formula is C13H20N4S. The molecule has 0 aliphatic heterocycles. The van der Waals surface area contributed by atoms with Gasteiger partial charge in [0.1, 0.15) is 12.2 Å². The molecule has 0 amide bonds. The average molecular weight is 264 g/mol. The highest BCUT2D eigenvalue weighted by molar-refractivity contribution is 7.10. The molecule has 2 aromatic heterocycles. The van der Waals surface area contributed by atoms with Crippen LogP contribution in [0.3, 0.4) is 0 Å². The first-order chi connectivity index (χ1) is 8.66. The van der Waals surface area contributed by atoms with E-state index in [4.69, 9.17) is 0 Å². The van der Waals surface area contributed by atoms with Crippen LogP contribution >= 0.6 is 11.3 Å². The SMILES string of the molecule is CC(C)Cn1ncnc1CN[C@H](C)c1cccs1. The Balaban J connectivity index is 1.92. The summed E-state index contributed by atoms with van der Waals surface area (Å²) in [7, 11) is 0. The minimum atomic E-state index is 0.356. The summed E-state index contributed by atoms with van der Waals surface area (Å²) in [4.78, 5) is 5.67. The molecule has 0 saturated heterocycles. The number of rotatable bonds is 6. The molecule has 1 atom stereocenters. The highest BCUT2D eigenvalue weighted by Gasteiger charge is 2.09. The van der Waals surface area contributed by atoms with Gasteiger partial charge in [-0.15, -0.1) is 11.3 Å². The standard InChI is InChI=1S/C13H20N4S/c1-10(2)8-17-13(15-9-16-17)7-14-11(3)12-5-4-6-18-12/h4-6,9-11,14H,7-8H2,1-3H3/t11-/m1/s1. The summed E-state index contributed by atoms with van der Waals surface area (Å²) in [6.45, 7) is 8.23. The van der Waals surface area contributed by atoms with Crippen LogP contribution < -0.4 is 5.32 Å². The van der Waals surface area contributed by atoms with Crippen LogP contribution in [0.5, 0.6) is 0 Å². The van der Waals surface area contributed by atoms with Crippen LogP contribution in [0.1, 0.15) is 37.5 Å². The van der Waals surface area contributed by atoms with Crippen molar-refractivity contribution < 1.29 is 0 Å². The van der Waals surface area contributed by atoms with Gasteiger partial charge in [0, 0.05) is 17.5 Å². The zero-order valence-electron chi connectivity index (χ0n) is 11.1. The number of nitrogens with zero attached hydrogens (tertiary/aromatic N) is 3. The van der Waals surface area contributed by atoms with Gasteiger partial charge < -0.3 is 5.32 Å². The lowest BCUT2D eigenvalue weighted by Crippen LogP contribution is -2.21. The molecule has 98 valence electrons. The number of aromatic nitrogens is 3. The van der Waals surface area contributed by atoms with Crippen molar-refractivity contribution in [2.75, 3.05) is 0 Å². The number of hydrogen-bond acceptors (Lipinski definition) is 4. The molecule has 0 aliphatic carbocycles. The summed E-state index contributed by atoms with van der Waals surface area (Å²) in [6.07, 6.45) is 1.63. The first-order valence-corrected chi connectivity index (χ1v) is 7.18. The van der Waals surface area contributed by atoms with Gasteiger partial charge in [0.15, 0.2) is 0 Å². The van der Waals surface area contributed by atoms with Gasteiger partial charge in [-0.1, -0.05) is 19.9 Å². The van der Waals surface area contributed by atoms with E-state index in [-0.39, 0.29) is 0 Å². The van der Waals surface area contributed by atoms with Crippen molar-refractivity contribution in [1.82, 2.24) is 20.1 Å². The van der Waals surface area contributed by atoms with Gasteiger partial charge >= 0.3 is 0 Å². The lowest BCUT2D eigenvalue weighted by molar-refractivity contribution is 0.450. The topological polar surface area (TPSA) is 42.7 Å². The fraction of sp³-hybridized carbons (Fsp3) is 0.538. The molecule has 0 bridgehead atoms. The summed E-state index contributed by atoms with van der Waals surface area (Å²) in [5.74, 6) is 1.59. The van der Waals surface area contributed by atoms with Crippen molar-refractivity contribution in [3.05, 3.63) is 34.5 Å². The van der Waals surface area contributed by atoms with E-state index in [0.29, 0.717) is 12.0 Å². The van der Waals surface area contributed by atoms with Gasteiger partial charge in [0.25, 0.3) is 0 Å². The molecule has 18 heavy (non-hydrogen) atoms. The van der Waals surface area contributed by atoms with Crippen LogP contribution in [0.2, 0.25) is 0 Å². The van der Waals surface area contributed by atoms with Gasteiger partial charge in [-0.25, -0.2) is 9.67 Å². The molecule has 0 aliphatic rings. The summed E-state index contributed by atoms with van der Waals surface area (Å²) in [5, 5.41) is 9.86. The maximum Gasteiger partial charge on any atom is 0.140 e. The number of thiophene rings is 1. The van der Waals surface area contributed by atoms with Crippen LogP contribution in [0.25, 0.3) is 0 Å². The highest BCUT2D eigenvalue weighted by atomic mass is 32.1. The first-order valence-electron chi connectivity index (χ1n) is 6.30. The molecule has 4 nitrogen and oxygen atoms in total. The fourth-order valence-corrected chi connectivity index (χ4v) is 2.56.